The van der Waals surface area contributed by atoms with E-state index in [9.17, 15) is 15.2 Å². The molecule has 0 radical (unpaired) electrons. The first-order chi connectivity index (χ1) is 8.98. The molecule has 0 aliphatic carbocycles. The van der Waals surface area contributed by atoms with Crippen LogP contribution in [0.2, 0.25) is 0 Å². The smallest absolute Gasteiger partial charge is 0.311 e. The molecular formula is C13H21N3O3. The van der Waals surface area contributed by atoms with E-state index in [-0.39, 0.29) is 23.5 Å². The van der Waals surface area contributed by atoms with Crippen LogP contribution < -0.4 is 5.32 Å². The molecule has 0 bridgehead atoms. The van der Waals surface area contributed by atoms with Gasteiger partial charge in [-0.1, -0.05) is 13.8 Å². The van der Waals surface area contributed by atoms with E-state index >= 15 is 0 Å². The Labute approximate surface area is 113 Å². The second kappa shape index (κ2) is 6.47. The van der Waals surface area contributed by atoms with Crippen LogP contribution in [0.25, 0.3) is 0 Å². The van der Waals surface area contributed by atoms with Crippen molar-refractivity contribution in [2.75, 3.05) is 18.5 Å². The summed E-state index contributed by atoms with van der Waals surface area (Å²) in [5.41, 5.74) is 0.416. The van der Waals surface area contributed by atoms with Crippen LogP contribution in [0.1, 0.15) is 32.4 Å². The number of nitrogens with one attached hydrogen (secondary N) is 1. The number of aromatic nitrogens is 1. The number of nitrogens with zero attached hydrogens (tertiary/aromatic N) is 2. The third kappa shape index (κ3) is 3.64. The quantitative estimate of drug-likeness (QED) is 0.585. The predicted octanol–water partition coefficient (Wildman–Crippen LogP) is 2.51. The van der Waals surface area contributed by atoms with Crippen molar-refractivity contribution >= 4 is 11.5 Å². The van der Waals surface area contributed by atoms with E-state index in [1.165, 1.54) is 6.07 Å². The van der Waals surface area contributed by atoms with Gasteiger partial charge in [0.15, 0.2) is 0 Å². The van der Waals surface area contributed by atoms with Gasteiger partial charge in [0, 0.05) is 23.7 Å². The third-order valence-electron chi connectivity index (χ3n) is 3.68. The highest BCUT2D eigenvalue weighted by Crippen LogP contribution is 2.28. The minimum Gasteiger partial charge on any atom is -0.396 e. The predicted molar refractivity (Wildman–Crippen MR) is 74.2 cm³/mol. The van der Waals surface area contributed by atoms with E-state index in [2.05, 4.69) is 10.3 Å². The lowest BCUT2D eigenvalue weighted by atomic mass is 9.83. The molecule has 0 unspecified atom stereocenters. The summed E-state index contributed by atoms with van der Waals surface area (Å²) in [5, 5.41) is 23.5. The molecule has 0 spiro atoms. The standard InChI is InChI=1S/C13H21N3O3/c1-4-13(5-2,9-17)8-14-12-11(16(18)19)7-6-10(3)15-12/h6-7,17H,4-5,8-9H2,1-3H3,(H,14,15). The maximum atomic E-state index is 10.9. The summed E-state index contributed by atoms with van der Waals surface area (Å²) in [5.74, 6) is 0.268. The Hall–Kier alpha value is -1.69. The van der Waals surface area contributed by atoms with Crippen molar-refractivity contribution in [1.82, 2.24) is 4.98 Å². The minimum absolute atomic E-state index is 0.0374. The minimum atomic E-state index is -0.451. The molecule has 0 amide bonds. The molecule has 0 aliphatic heterocycles. The summed E-state index contributed by atoms with van der Waals surface area (Å²) in [7, 11) is 0. The lowest BCUT2D eigenvalue weighted by Gasteiger charge is -2.29. The van der Waals surface area contributed by atoms with Crippen LogP contribution in [-0.4, -0.2) is 28.2 Å². The van der Waals surface area contributed by atoms with Crippen molar-refractivity contribution in [1.29, 1.82) is 0 Å². The van der Waals surface area contributed by atoms with E-state index in [0.29, 0.717) is 6.54 Å². The molecule has 0 fully saturated rings. The van der Waals surface area contributed by atoms with Gasteiger partial charge in [0.05, 0.1) is 11.5 Å². The molecule has 6 nitrogen and oxygen atoms in total. The zero-order chi connectivity index (χ0) is 14.5. The first-order valence-corrected chi connectivity index (χ1v) is 6.44. The van der Waals surface area contributed by atoms with Gasteiger partial charge >= 0.3 is 5.69 Å². The zero-order valence-corrected chi connectivity index (χ0v) is 11.6. The topological polar surface area (TPSA) is 88.3 Å². The van der Waals surface area contributed by atoms with E-state index in [0.717, 1.165) is 18.5 Å². The largest absolute Gasteiger partial charge is 0.396 e. The number of pyridine rings is 1. The summed E-state index contributed by atoms with van der Waals surface area (Å²) >= 11 is 0. The Bertz CT molecular complexity index is 436. The first-order valence-electron chi connectivity index (χ1n) is 6.44. The van der Waals surface area contributed by atoms with E-state index in [4.69, 9.17) is 0 Å². The average Bonchev–Trinajstić information content (AvgIpc) is 2.40. The van der Waals surface area contributed by atoms with E-state index in [1.807, 2.05) is 13.8 Å². The summed E-state index contributed by atoms with van der Waals surface area (Å²) in [6.07, 6.45) is 1.60. The number of aryl methyl sites for hydroxylation is 1. The van der Waals surface area contributed by atoms with Crippen molar-refractivity contribution in [2.24, 2.45) is 5.41 Å². The zero-order valence-electron chi connectivity index (χ0n) is 11.6. The molecule has 2 N–H and O–H groups in total. The molecule has 0 aromatic carbocycles. The maximum Gasteiger partial charge on any atom is 0.311 e. The number of nitro groups is 1. The van der Waals surface area contributed by atoms with Gasteiger partial charge in [0.25, 0.3) is 0 Å². The van der Waals surface area contributed by atoms with Crippen LogP contribution in [0.5, 0.6) is 0 Å². The Morgan fingerprint density at radius 3 is 2.53 bits per heavy atom. The Morgan fingerprint density at radius 1 is 1.42 bits per heavy atom. The molecule has 106 valence electrons. The lowest BCUT2D eigenvalue weighted by Crippen LogP contribution is -2.32. The molecular weight excluding hydrogens is 246 g/mol. The SMILES string of the molecule is CCC(CC)(CO)CNc1nc(C)ccc1[N+](=O)[O-]. The van der Waals surface area contributed by atoms with Gasteiger partial charge in [0.2, 0.25) is 5.82 Å². The molecule has 19 heavy (non-hydrogen) atoms. The van der Waals surface area contributed by atoms with Crippen molar-refractivity contribution in [3.05, 3.63) is 27.9 Å². The Morgan fingerprint density at radius 2 is 2.05 bits per heavy atom. The van der Waals surface area contributed by atoms with Gasteiger partial charge < -0.3 is 10.4 Å². The fourth-order valence-corrected chi connectivity index (χ4v) is 1.88. The van der Waals surface area contributed by atoms with Crippen LogP contribution in [-0.2, 0) is 0 Å². The van der Waals surface area contributed by atoms with Gasteiger partial charge in [-0.2, -0.15) is 0 Å². The van der Waals surface area contributed by atoms with Crippen molar-refractivity contribution in [3.63, 3.8) is 0 Å². The molecule has 1 aromatic rings. The second-order valence-electron chi connectivity index (χ2n) is 4.80. The number of hydrogen-bond donors (Lipinski definition) is 2. The van der Waals surface area contributed by atoms with Gasteiger partial charge in [-0.25, -0.2) is 4.98 Å². The monoisotopic (exact) mass is 267 g/mol. The molecule has 1 aromatic heterocycles. The van der Waals surface area contributed by atoms with Crippen LogP contribution in [0.3, 0.4) is 0 Å². The Kier molecular flexibility index (Phi) is 5.23. The molecule has 6 heteroatoms. The maximum absolute atomic E-state index is 10.9. The lowest BCUT2D eigenvalue weighted by molar-refractivity contribution is -0.384. The Balaban J connectivity index is 2.93. The average molecular weight is 267 g/mol. The highest BCUT2D eigenvalue weighted by atomic mass is 16.6. The van der Waals surface area contributed by atoms with Gasteiger partial charge in [-0.3, -0.25) is 10.1 Å². The van der Waals surface area contributed by atoms with Gasteiger partial charge in [-0.15, -0.1) is 0 Å². The summed E-state index contributed by atoms with van der Waals surface area (Å²) in [6.45, 7) is 6.30. The van der Waals surface area contributed by atoms with Crippen molar-refractivity contribution in [2.45, 2.75) is 33.6 Å². The van der Waals surface area contributed by atoms with Gasteiger partial charge in [-0.05, 0) is 25.8 Å². The van der Waals surface area contributed by atoms with Crippen LogP contribution in [0, 0.1) is 22.5 Å². The molecule has 0 saturated heterocycles. The summed E-state index contributed by atoms with van der Waals surface area (Å²) in [4.78, 5) is 14.7. The molecule has 1 rings (SSSR count). The number of hydrogen-bond acceptors (Lipinski definition) is 5. The van der Waals surface area contributed by atoms with Crippen molar-refractivity contribution in [3.8, 4) is 0 Å². The first kappa shape index (κ1) is 15.4. The molecule has 0 aliphatic rings. The summed E-state index contributed by atoms with van der Waals surface area (Å²) in [6, 6.07) is 3.06. The summed E-state index contributed by atoms with van der Waals surface area (Å²) < 4.78 is 0. The van der Waals surface area contributed by atoms with Crippen LogP contribution in [0.15, 0.2) is 12.1 Å². The third-order valence-corrected chi connectivity index (χ3v) is 3.68. The van der Waals surface area contributed by atoms with Crippen LogP contribution in [0.4, 0.5) is 11.5 Å². The number of rotatable bonds is 7. The van der Waals surface area contributed by atoms with Gasteiger partial charge in [0.1, 0.15) is 0 Å². The normalized spacial score (nSPS) is 11.4. The molecule has 0 saturated carbocycles. The van der Waals surface area contributed by atoms with Crippen LogP contribution >= 0.6 is 0 Å². The van der Waals surface area contributed by atoms with Crippen molar-refractivity contribution < 1.29 is 10.0 Å². The van der Waals surface area contributed by atoms with E-state index in [1.54, 1.807) is 13.0 Å². The molecule has 1 heterocycles. The number of anilines is 1. The number of aliphatic hydroxyl groups is 1. The fraction of sp³-hybridized carbons (Fsp3) is 0.615. The highest BCUT2D eigenvalue weighted by molar-refractivity contribution is 5.56. The fourth-order valence-electron chi connectivity index (χ4n) is 1.88. The highest BCUT2D eigenvalue weighted by Gasteiger charge is 2.26. The van der Waals surface area contributed by atoms with E-state index < -0.39 is 4.92 Å². The number of aliphatic hydroxyl groups excluding tert-OH is 1. The second-order valence-corrected chi connectivity index (χ2v) is 4.80. The molecule has 0 atom stereocenters.